The molecule has 0 spiro atoms. The summed E-state index contributed by atoms with van der Waals surface area (Å²) in [6.07, 6.45) is 1.49. The number of halogens is 1. The predicted molar refractivity (Wildman–Crippen MR) is 80.0 cm³/mol. The molecule has 1 amide bonds. The number of nitrogens with two attached hydrogens (primary N) is 1. The molecule has 0 saturated carbocycles. The molecule has 2 aromatic rings. The number of hydrogen-bond donors (Lipinski definition) is 2. The number of rotatable bonds is 4. The molecule has 1 aromatic heterocycles. The highest BCUT2D eigenvalue weighted by atomic mass is 35.5. The molecule has 0 radical (unpaired) electrons. The summed E-state index contributed by atoms with van der Waals surface area (Å²) in [5.41, 5.74) is 6.56. The van der Waals surface area contributed by atoms with Gasteiger partial charge in [0.2, 0.25) is 5.91 Å². The maximum atomic E-state index is 12.0. The van der Waals surface area contributed by atoms with E-state index in [1.54, 1.807) is 36.4 Å². The Morgan fingerprint density at radius 1 is 1.30 bits per heavy atom. The SMILES string of the molecule is Nc1cccnc1S(=O)CC(=O)Nc1ccc(Cl)cc1. The molecule has 0 aliphatic carbocycles. The Hall–Kier alpha value is -1.92. The van der Waals surface area contributed by atoms with Crippen molar-refractivity contribution in [3.63, 3.8) is 0 Å². The van der Waals surface area contributed by atoms with Crippen LogP contribution in [0.25, 0.3) is 0 Å². The highest BCUT2D eigenvalue weighted by molar-refractivity contribution is 7.85. The van der Waals surface area contributed by atoms with E-state index in [-0.39, 0.29) is 16.7 Å². The number of amides is 1. The van der Waals surface area contributed by atoms with Crippen LogP contribution in [-0.4, -0.2) is 20.9 Å². The molecule has 0 fully saturated rings. The quantitative estimate of drug-likeness (QED) is 0.905. The van der Waals surface area contributed by atoms with Crippen molar-refractivity contribution in [1.82, 2.24) is 4.98 Å². The summed E-state index contributed by atoms with van der Waals surface area (Å²) in [4.78, 5) is 15.7. The summed E-state index contributed by atoms with van der Waals surface area (Å²) in [5, 5.41) is 3.43. The number of nitrogens with one attached hydrogen (secondary N) is 1. The van der Waals surface area contributed by atoms with Gasteiger partial charge >= 0.3 is 0 Å². The molecule has 0 bridgehead atoms. The number of nitrogens with zero attached hydrogens (tertiary/aromatic N) is 1. The van der Waals surface area contributed by atoms with Crippen LogP contribution in [0.1, 0.15) is 0 Å². The monoisotopic (exact) mass is 309 g/mol. The van der Waals surface area contributed by atoms with Crippen molar-refractivity contribution in [2.45, 2.75) is 5.03 Å². The first kappa shape index (κ1) is 14.5. The highest BCUT2D eigenvalue weighted by Crippen LogP contribution is 2.15. The van der Waals surface area contributed by atoms with Crippen LogP contribution in [-0.2, 0) is 15.6 Å². The Morgan fingerprint density at radius 2 is 2.00 bits per heavy atom. The van der Waals surface area contributed by atoms with E-state index in [1.807, 2.05) is 0 Å². The van der Waals surface area contributed by atoms with Gasteiger partial charge in [-0.05, 0) is 36.4 Å². The van der Waals surface area contributed by atoms with Gasteiger partial charge in [0, 0.05) is 16.9 Å². The molecule has 1 aromatic carbocycles. The average Bonchev–Trinajstić information content (AvgIpc) is 2.41. The topological polar surface area (TPSA) is 85.1 Å². The van der Waals surface area contributed by atoms with Gasteiger partial charge in [-0.25, -0.2) is 4.98 Å². The average molecular weight is 310 g/mol. The van der Waals surface area contributed by atoms with E-state index in [4.69, 9.17) is 17.3 Å². The zero-order valence-corrected chi connectivity index (χ0v) is 11.9. The van der Waals surface area contributed by atoms with E-state index < -0.39 is 10.8 Å². The van der Waals surface area contributed by atoms with Gasteiger partial charge in [0.1, 0.15) is 5.75 Å². The number of pyridine rings is 1. The molecule has 5 nitrogen and oxygen atoms in total. The minimum atomic E-state index is -1.58. The molecule has 1 heterocycles. The van der Waals surface area contributed by atoms with Crippen molar-refractivity contribution in [2.75, 3.05) is 16.8 Å². The van der Waals surface area contributed by atoms with Crippen LogP contribution in [0.5, 0.6) is 0 Å². The predicted octanol–water partition coefficient (Wildman–Crippen LogP) is 2.06. The highest BCUT2D eigenvalue weighted by Gasteiger charge is 2.14. The van der Waals surface area contributed by atoms with E-state index in [1.165, 1.54) is 6.20 Å². The molecule has 20 heavy (non-hydrogen) atoms. The first-order chi connectivity index (χ1) is 9.56. The number of benzene rings is 1. The molecular formula is C13H12ClN3O2S. The molecule has 2 rings (SSSR count). The zero-order valence-electron chi connectivity index (χ0n) is 10.4. The van der Waals surface area contributed by atoms with Crippen LogP contribution < -0.4 is 11.1 Å². The van der Waals surface area contributed by atoms with Crippen molar-refractivity contribution in [3.8, 4) is 0 Å². The Balaban J connectivity index is 2.00. The van der Waals surface area contributed by atoms with Crippen molar-refractivity contribution >= 4 is 39.7 Å². The van der Waals surface area contributed by atoms with Gasteiger partial charge in [0.05, 0.1) is 16.5 Å². The van der Waals surface area contributed by atoms with Gasteiger partial charge in [-0.3, -0.25) is 9.00 Å². The van der Waals surface area contributed by atoms with E-state index in [0.717, 1.165) is 0 Å². The van der Waals surface area contributed by atoms with E-state index >= 15 is 0 Å². The maximum Gasteiger partial charge on any atom is 0.237 e. The van der Waals surface area contributed by atoms with Crippen molar-refractivity contribution in [1.29, 1.82) is 0 Å². The minimum Gasteiger partial charge on any atom is -0.396 e. The molecule has 0 saturated heterocycles. The van der Waals surface area contributed by atoms with Crippen LogP contribution in [0, 0.1) is 0 Å². The van der Waals surface area contributed by atoms with E-state index in [2.05, 4.69) is 10.3 Å². The Labute approximate surface area is 123 Å². The van der Waals surface area contributed by atoms with Crippen molar-refractivity contribution in [2.24, 2.45) is 0 Å². The second-order valence-electron chi connectivity index (χ2n) is 3.94. The lowest BCUT2D eigenvalue weighted by atomic mass is 10.3. The number of carbonyl (C=O) groups is 1. The lowest BCUT2D eigenvalue weighted by Crippen LogP contribution is -2.20. The Kier molecular flexibility index (Phi) is 4.70. The van der Waals surface area contributed by atoms with Gasteiger partial charge in [-0.15, -0.1) is 0 Å². The largest absolute Gasteiger partial charge is 0.396 e. The van der Waals surface area contributed by atoms with Crippen LogP contribution in [0.3, 0.4) is 0 Å². The Morgan fingerprint density at radius 3 is 2.65 bits per heavy atom. The van der Waals surface area contributed by atoms with Crippen LogP contribution >= 0.6 is 11.6 Å². The summed E-state index contributed by atoms with van der Waals surface area (Å²) in [6, 6.07) is 9.88. The molecule has 0 aliphatic rings. The molecule has 3 N–H and O–H groups in total. The summed E-state index contributed by atoms with van der Waals surface area (Å²) < 4.78 is 12.0. The van der Waals surface area contributed by atoms with Crippen molar-refractivity contribution in [3.05, 3.63) is 47.6 Å². The van der Waals surface area contributed by atoms with Gasteiger partial charge in [0.15, 0.2) is 5.03 Å². The van der Waals surface area contributed by atoms with Crippen LogP contribution in [0.4, 0.5) is 11.4 Å². The van der Waals surface area contributed by atoms with Crippen LogP contribution in [0.15, 0.2) is 47.6 Å². The second kappa shape index (κ2) is 6.49. The maximum absolute atomic E-state index is 12.0. The fourth-order valence-corrected chi connectivity index (χ4v) is 2.59. The summed E-state index contributed by atoms with van der Waals surface area (Å²) in [6.45, 7) is 0. The van der Waals surface area contributed by atoms with Gasteiger partial charge in [-0.1, -0.05) is 11.6 Å². The Bertz CT molecular complexity index is 646. The lowest BCUT2D eigenvalue weighted by molar-refractivity contribution is -0.113. The van der Waals surface area contributed by atoms with Gasteiger partial charge in [-0.2, -0.15) is 0 Å². The van der Waals surface area contributed by atoms with Crippen molar-refractivity contribution < 1.29 is 9.00 Å². The van der Waals surface area contributed by atoms with E-state index in [9.17, 15) is 9.00 Å². The number of aromatic nitrogens is 1. The number of nitrogen functional groups attached to an aromatic ring is 1. The fourth-order valence-electron chi connectivity index (χ4n) is 1.51. The third kappa shape index (κ3) is 3.79. The van der Waals surface area contributed by atoms with Gasteiger partial charge in [0.25, 0.3) is 0 Å². The first-order valence-corrected chi connectivity index (χ1v) is 7.40. The summed E-state index contributed by atoms with van der Waals surface area (Å²) in [7, 11) is -1.58. The second-order valence-corrected chi connectivity index (χ2v) is 5.75. The third-order valence-electron chi connectivity index (χ3n) is 2.41. The third-order valence-corrected chi connectivity index (χ3v) is 3.96. The molecule has 1 atom stereocenters. The van der Waals surface area contributed by atoms with E-state index in [0.29, 0.717) is 16.4 Å². The number of carbonyl (C=O) groups excluding carboxylic acids is 1. The fraction of sp³-hybridized carbons (Fsp3) is 0.0769. The molecular weight excluding hydrogens is 298 g/mol. The summed E-state index contributed by atoms with van der Waals surface area (Å²) >= 11 is 5.75. The molecule has 104 valence electrons. The molecule has 7 heteroatoms. The summed E-state index contributed by atoms with van der Waals surface area (Å²) in [5.74, 6) is -0.583. The zero-order chi connectivity index (χ0) is 14.5. The minimum absolute atomic E-state index is 0.205. The molecule has 0 aliphatic heterocycles. The standard InChI is InChI=1S/C13H12ClN3O2S/c14-9-3-5-10(6-4-9)17-12(18)8-20(19)13-11(15)2-1-7-16-13/h1-7H,8,15H2,(H,17,18). The molecule has 1 unspecified atom stereocenters. The number of anilines is 2. The number of hydrogen-bond acceptors (Lipinski definition) is 4. The normalized spacial score (nSPS) is 11.8. The first-order valence-electron chi connectivity index (χ1n) is 5.70. The smallest absolute Gasteiger partial charge is 0.237 e. The van der Waals surface area contributed by atoms with Crippen LogP contribution in [0.2, 0.25) is 5.02 Å². The van der Waals surface area contributed by atoms with Gasteiger partial charge < -0.3 is 11.1 Å². The lowest BCUT2D eigenvalue weighted by Gasteiger charge is -2.06.